The lowest BCUT2D eigenvalue weighted by Gasteiger charge is -2.23. The van der Waals surface area contributed by atoms with Crippen molar-refractivity contribution in [1.82, 2.24) is 10.6 Å². The van der Waals surface area contributed by atoms with Crippen LogP contribution in [-0.4, -0.2) is 26.8 Å². The number of ether oxygens (including phenoxy) is 1. The number of nitrogens with one attached hydrogen (secondary N) is 2. The summed E-state index contributed by atoms with van der Waals surface area (Å²) in [5, 5.41) is 6.21. The van der Waals surface area contributed by atoms with Gasteiger partial charge in [-0.1, -0.05) is 6.58 Å². The molecule has 0 atom stereocenters. The molecule has 1 heterocycles. The predicted molar refractivity (Wildman–Crippen MR) is 49.7 cm³/mol. The van der Waals surface area contributed by atoms with Gasteiger partial charge in [-0.05, 0) is 18.8 Å². The van der Waals surface area contributed by atoms with Gasteiger partial charge in [-0.25, -0.2) is 0 Å². The molecule has 0 radical (unpaired) electrons. The first-order valence-corrected chi connectivity index (χ1v) is 4.51. The summed E-state index contributed by atoms with van der Waals surface area (Å²) in [5.41, 5.74) is 0. The first kappa shape index (κ1) is 9.39. The fourth-order valence-electron chi connectivity index (χ4n) is 1.31. The summed E-state index contributed by atoms with van der Waals surface area (Å²) in [5.74, 6) is 1.66. The van der Waals surface area contributed by atoms with Gasteiger partial charge in [-0.15, -0.1) is 0 Å². The minimum Gasteiger partial charge on any atom is -0.381 e. The van der Waals surface area contributed by atoms with Gasteiger partial charge in [0, 0.05) is 26.8 Å². The summed E-state index contributed by atoms with van der Waals surface area (Å²) < 4.78 is 5.27. The molecule has 0 saturated carbocycles. The molecule has 0 amide bonds. The zero-order valence-electron chi connectivity index (χ0n) is 7.73. The predicted octanol–water partition coefficient (Wildman–Crippen LogP) is 0.693. The van der Waals surface area contributed by atoms with E-state index in [2.05, 4.69) is 17.2 Å². The average Bonchev–Trinajstić information content (AvgIpc) is 2.16. The maximum absolute atomic E-state index is 5.27. The molecular weight excluding hydrogens is 152 g/mol. The molecular formula is C9H18N2O. The lowest BCUT2D eigenvalue weighted by atomic mass is 10.0. The van der Waals surface area contributed by atoms with Gasteiger partial charge in [0.2, 0.25) is 0 Å². The van der Waals surface area contributed by atoms with E-state index in [1.807, 2.05) is 7.05 Å². The monoisotopic (exact) mass is 170 g/mol. The molecule has 0 bridgehead atoms. The van der Waals surface area contributed by atoms with Crippen LogP contribution in [0.1, 0.15) is 12.8 Å². The van der Waals surface area contributed by atoms with E-state index in [1.165, 1.54) is 12.8 Å². The standard InChI is InChI=1S/C9H18N2O/c1-8(10-2)11-7-9-3-5-12-6-4-9/h9-11H,1,3-7H2,2H3. The van der Waals surface area contributed by atoms with Crippen molar-refractivity contribution in [3.05, 3.63) is 12.4 Å². The fourth-order valence-corrected chi connectivity index (χ4v) is 1.31. The maximum atomic E-state index is 5.27. The van der Waals surface area contributed by atoms with Gasteiger partial charge < -0.3 is 15.4 Å². The third-order valence-corrected chi connectivity index (χ3v) is 2.25. The van der Waals surface area contributed by atoms with E-state index >= 15 is 0 Å². The topological polar surface area (TPSA) is 33.3 Å². The molecule has 12 heavy (non-hydrogen) atoms. The van der Waals surface area contributed by atoms with Gasteiger partial charge in [0.25, 0.3) is 0 Å². The van der Waals surface area contributed by atoms with Gasteiger partial charge in [-0.3, -0.25) is 0 Å². The Morgan fingerprint density at radius 1 is 1.50 bits per heavy atom. The van der Waals surface area contributed by atoms with Gasteiger partial charge in [0.1, 0.15) is 0 Å². The first-order chi connectivity index (χ1) is 5.83. The van der Waals surface area contributed by atoms with Crippen molar-refractivity contribution in [2.45, 2.75) is 12.8 Å². The minimum atomic E-state index is 0.754. The Balaban J connectivity index is 2.09. The molecule has 3 nitrogen and oxygen atoms in total. The highest BCUT2D eigenvalue weighted by Gasteiger charge is 2.12. The highest BCUT2D eigenvalue weighted by atomic mass is 16.5. The second-order valence-corrected chi connectivity index (χ2v) is 3.17. The van der Waals surface area contributed by atoms with Crippen LogP contribution in [-0.2, 0) is 4.74 Å². The second kappa shape index (κ2) is 5.04. The SMILES string of the molecule is C=C(NC)NCC1CCOCC1. The summed E-state index contributed by atoms with van der Waals surface area (Å²) in [6.45, 7) is 6.65. The van der Waals surface area contributed by atoms with E-state index in [1.54, 1.807) is 0 Å². The second-order valence-electron chi connectivity index (χ2n) is 3.17. The summed E-state index contributed by atoms with van der Waals surface area (Å²) in [4.78, 5) is 0. The van der Waals surface area contributed by atoms with Crippen molar-refractivity contribution in [3.63, 3.8) is 0 Å². The summed E-state index contributed by atoms with van der Waals surface area (Å²) in [7, 11) is 1.87. The molecule has 1 rings (SSSR count). The van der Waals surface area contributed by atoms with Crippen LogP contribution in [0.3, 0.4) is 0 Å². The van der Waals surface area contributed by atoms with Crippen LogP contribution in [0.25, 0.3) is 0 Å². The number of hydrogen-bond acceptors (Lipinski definition) is 3. The van der Waals surface area contributed by atoms with E-state index in [0.717, 1.165) is 31.5 Å². The van der Waals surface area contributed by atoms with Crippen LogP contribution in [0.15, 0.2) is 12.4 Å². The van der Waals surface area contributed by atoms with E-state index in [9.17, 15) is 0 Å². The highest BCUT2D eigenvalue weighted by molar-refractivity contribution is 4.86. The highest BCUT2D eigenvalue weighted by Crippen LogP contribution is 2.13. The summed E-state index contributed by atoms with van der Waals surface area (Å²) >= 11 is 0. The molecule has 70 valence electrons. The van der Waals surface area contributed by atoms with Gasteiger partial charge in [0.15, 0.2) is 0 Å². The summed E-state index contributed by atoms with van der Waals surface area (Å²) in [6.07, 6.45) is 2.34. The van der Waals surface area contributed by atoms with Crippen LogP contribution < -0.4 is 10.6 Å². The third-order valence-electron chi connectivity index (χ3n) is 2.25. The van der Waals surface area contributed by atoms with Crippen LogP contribution in [0.2, 0.25) is 0 Å². The molecule has 0 aromatic rings. The van der Waals surface area contributed by atoms with E-state index < -0.39 is 0 Å². The Hall–Kier alpha value is -0.700. The first-order valence-electron chi connectivity index (χ1n) is 4.51. The molecule has 0 spiro atoms. The Kier molecular flexibility index (Phi) is 3.94. The van der Waals surface area contributed by atoms with Gasteiger partial charge in [0.05, 0.1) is 5.82 Å². The molecule has 2 N–H and O–H groups in total. The van der Waals surface area contributed by atoms with Crippen LogP contribution in [0.4, 0.5) is 0 Å². The molecule has 0 aromatic carbocycles. The lowest BCUT2D eigenvalue weighted by molar-refractivity contribution is 0.0669. The summed E-state index contributed by atoms with van der Waals surface area (Å²) in [6, 6.07) is 0. The molecule has 0 aliphatic carbocycles. The van der Waals surface area contributed by atoms with Crippen molar-refractivity contribution in [2.75, 3.05) is 26.8 Å². The minimum absolute atomic E-state index is 0.754. The zero-order valence-corrected chi connectivity index (χ0v) is 7.73. The average molecular weight is 170 g/mol. The molecule has 1 fully saturated rings. The van der Waals surface area contributed by atoms with Crippen molar-refractivity contribution in [2.24, 2.45) is 5.92 Å². The van der Waals surface area contributed by atoms with Crippen molar-refractivity contribution < 1.29 is 4.74 Å². The molecule has 1 saturated heterocycles. The Labute approximate surface area is 74.2 Å². The molecule has 1 aliphatic rings. The van der Waals surface area contributed by atoms with Crippen molar-refractivity contribution >= 4 is 0 Å². The number of rotatable bonds is 4. The van der Waals surface area contributed by atoms with E-state index in [-0.39, 0.29) is 0 Å². The molecule has 1 aliphatic heterocycles. The zero-order chi connectivity index (χ0) is 8.81. The quantitative estimate of drug-likeness (QED) is 0.651. The normalized spacial score (nSPS) is 18.8. The van der Waals surface area contributed by atoms with Gasteiger partial charge >= 0.3 is 0 Å². The lowest BCUT2D eigenvalue weighted by Crippen LogP contribution is -2.30. The van der Waals surface area contributed by atoms with Crippen molar-refractivity contribution in [1.29, 1.82) is 0 Å². The molecule has 3 heteroatoms. The Bertz CT molecular complexity index is 141. The Morgan fingerprint density at radius 2 is 2.17 bits per heavy atom. The van der Waals surface area contributed by atoms with E-state index in [0.29, 0.717) is 0 Å². The van der Waals surface area contributed by atoms with E-state index in [4.69, 9.17) is 4.74 Å². The maximum Gasteiger partial charge on any atom is 0.0909 e. The largest absolute Gasteiger partial charge is 0.381 e. The third kappa shape index (κ3) is 3.13. The number of hydrogen-bond donors (Lipinski definition) is 2. The van der Waals surface area contributed by atoms with Gasteiger partial charge in [-0.2, -0.15) is 0 Å². The molecule has 0 unspecified atom stereocenters. The Morgan fingerprint density at radius 3 is 2.75 bits per heavy atom. The van der Waals surface area contributed by atoms with Crippen LogP contribution in [0, 0.1) is 5.92 Å². The van der Waals surface area contributed by atoms with Crippen LogP contribution in [0.5, 0.6) is 0 Å². The van der Waals surface area contributed by atoms with Crippen molar-refractivity contribution in [3.8, 4) is 0 Å². The fraction of sp³-hybridized carbons (Fsp3) is 0.778. The molecule has 0 aromatic heterocycles. The smallest absolute Gasteiger partial charge is 0.0909 e. The van der Waals surface area contributed by atoms with Crippen LogP contribution >= 0.6 is 0 Å².